The molecule has 4 rings (SSSR count). The highest BCUT2D eigenvalue weighted by molar-refractivity contribution is 6.18. The standard InChI is InChI=1S/C25H23ClFN5O2/c1-16-14-32(15-29-16)20-9-3-17(13-21(20)34-2)4-10-22-30-23(18-5-7-19(27)8-6-18)24(31-22)25(33)28-12-11-26/h3-10,13-15H,11-12H2,1-2H3,(H,28,33)(H,30,31). The van der Waals surface area contributed by atoms with Crippen LogP contribution in [0.2, 0.25) is 0 Å². The first-order valence-corrected chi connectivity index (χ1v) is 11.1. The van der Waals surface area contributed by atoms with Gasteiger partial charge in [-0.15, -0.1) is 11.6 Å². The first-order valence-electron chi connectivity index (χ1n) is 10.6. The van der Waals surface area contributed by atoms with Gasteiger partial charge in [0.15, 0.2) is 0 Å². The largest absolute Gasteiger partial charge is 0.495 e. The molecule has 2 aromatic carbocycles. The molecule has 0 spiro atoms. The summed E-state index contributed by atoms with van der Waals surface area (Å²) in [6, 6.07) is 11.6. The molecule has 0 aliphatic carbocycles. The summed E-state index contributed by atoms with van der Waals surface area (Å²) in [4.78, 5) is 24.5. The molecule has 7 nitrogen and oxygen atoms in total. The van der Waals surface area contributed by atoms with Gasteiger partial charge in [-0.05, 0) is 55.0 Å². The number of rotatable bonds is 8. The molecule has 0 atom stereocenters. The normalized spacial score (nSPS) is 11.2. The summed E-state index contributed by atoms with van der Waals surface area (Å²) in [7, 11) is 1.61. The average molecular weight is 480 g/mol. The minimum Gasteiger partial charge on any atom is -0.495 e. The molecule has 0 aliphatic heterocycles. The maximum absolute atomic E-state index is 13.4. The van der Waals surface area contributed by atoms with Crippen LogP contribution in [0.5, 0.6) is 5.75 Å². The summed E-state index contributed by atoms with van der Waals surface area (Å²) >= 11 is 5.70. The Morgan fingerprint density at radius 2 is 2.03 bits per heavy atom. The number of imidazole rings is 2. The van der Waals surface area contributed by atoms with Gasteiger partial charge in [-0.3, -0.25) is 4.79 Å². The number of methoxy groups -OCH3 is 1. The second-order valence-electron chi connectivity index (χ2n) is 7.48. The van der Waals surface area contributed by atoms with Crippen LogP contribution < -0.4 is 10.1 Å². The molecule has 1 amide bonds. The van der Waals surface area contributed by atoms with Gasteiger partial charge < -0.3 is 19.6 Å². The SMILES string of the molecule is COc1cc(C=Cc2nc(-c3ccc(F)cc3)c(C(=O)NCCCl)[nH]2)ccc1-n1cnc(C)c1. The van der Waals surface area contributed by atoms with E-state index in [4.69, 9.17) is 16.3 Å². The molecular weight excluding hydrogens is 457 g/mol. The zero-order valence-corrected chi connectivity index (χ0v) is 19.4. The maximum Gasteiger partial charge on any atom is 0.270 e. The summed E-state index contributed by atoms with van der Waals surface area (Å²) in [5.74, 6) is 0.745. The molecule has 0 aliphatic rings. The van der Waals surface area contributed by atoms with E-state index in [0.29, 0.717) is 29.4 Å². The number of aryl methyl sites for hydroxylation is 1. The van der Waals surface area contributed by atoms with E-state index >= 15 is 0 Å². The predicted molar refractivity (Wildman–Crippen MR) is 131 cm³/mol. The van der Waals surface area contributed by atoms with Crippen molar-refractivity contribution >= 4 is 29.7 Å². The first-order chi connectivity index (χ1) is 16.5. The Morgan fingerprint density at radius 1 is 1.24 bits per heavy atom. The number of aromatic nitrogens is 4. The molecular formula is C25H23ClFN5O2. The minimum atomic E-state index is -0.365. The van der Waals surface area contributed by atoms with Gasteiger partial charge >= 0.3 is 0 Å². The Kier molecular flexibility index (Phi) is 7.08. The smallest absolute Gasteiger partial charge is 0.270 e. The Bertz CT molecular complexity index is 1330. The predicted octanol–water partition coefficient (Wildman–Crippen LogP) is 4.86. The highest BCUT2D eigenvalue weighted by atomic mass is 35.5. The first kappa shape index (κ1) is 23.3. The van der Waals surface area contributed by atoms with Gasteiger partial charge in [0, 0.05) is 24.2 Å². The van der Waals surface area contributed by atoms with E-state index in [2.05, 4.69) is 20.3 Å². The van der Waals surface area contributed by atoms with Crippen LogP contribution in [0.4, 0.5) is 4.39 Å². The van der Waals surface area contributed by atoms with E-state index in [9.17, 15) is 9.18 Å². The zero-order valence-electron chi connectivity index (χ0n) is 18.7. The van der Waals surface area contributed by atoms with Gasteiger partial charge in [-0.25, -0.2) is 14.4 Å². The molecule has 0 saturated carbocycles. The number of benzene rings is 2. The summed E-state index contributed by atoms with van der Waals surface area (Å²) in [5.41, 5.74) is 3.98. The van der Waals surface area contributed by atoms with E-state index < -0.39 is 0 Å². The molecule has 0 radical (unpaired) electrons. The van der Waals surface area contributed by atoms with Crippen LogP contribution in [0.25, 0.3) is 29.1 Å². The Hall–Kier alpha value is -3.91. The van der Waals surface area contributed by atoms with E-state index in [1.165, 1.54) is 12.1 Å². The molecule has 0 unspecified atom stereocenters. The minimum absolute atomic E-state index is 0.278. The third kappa shape index (κ3) is 5.18. The highest BCUT2D eigenvalue weighted by Crippen LogP contribution is 2.26. The summed E-state index contributed by atoms with van der Waals surface area (Å²) in [5, 5.41) is 2.73. The topological polar surface area (TPSA) is 84.8 Å². The van der Waals surface area contributed by atoms with Crippen LogP contribution in [0, 0.1) is 12.7 Å². The number of nitrogens with one attached hydrogen (secondary N) is 2. The monoisotopic (exact) mass is 479 g/mol. The molecule has 0 fully saturated rings. The highest BCUT2D eigenvalue weighted by Gasteiger charge is 2.18. The van der Waals surface area contributed by atoms with Gasteiger partial charge in [0.2, 0.25) is 0 Å². The fourth-order valence-corrected chi connectivity index (χ4v) is 3.53. The summed E-state index contributed by atoms with van der Waals surface area (Å²) < 4.78 is 20.9. The summed E-state index contributed by atoms with van der Waals surface area (Å²) in [6.07, 6.45) is 7.28. The number of carbonyl (C=O) groups excluding carboxylic acids is 1. The van der Waals surface area contributed by atoms with E-state index in [1.54, 1.807) is 31.6 Å². The van der Waals surface area contributed by atoms with Crippen molar-refractivity contribution < 1.29 is 13.9 Å². The lowest BCUT2D eigenvalue weighted by Crippen LogP contribution is -2.26. The van der Waals surface area contributed by atoms with Gasteiger partial charge in [0.05, 0.1) is 24.8 Å². The second kappa shape index (κ2) is 10.4. The van der Waals surface area contributed by atoms with Crippen molar-refractivity contribution in [1.29, 1.82) is 0 Å². The van der Waals surface area contributed by atoms with Gasteiger partial charge in [0.1, 0.15) is 28.8 Å². The number of alkyl halides is 1. The second-order valence-corrected chi connectivity index (χ2v) is 7.86. The van der Waals surface area contributed by atoms with Crippen molar-refractivity contribution in [2.24, 2.45) is 0 Å². The number of ether oxygens (including phenoxy) is 1. The molecule has 0 bridgehead atoms. The van der Waals surface area contributed by atoms with Crippen LogP contribution in [-0.4, -0.2) is 45.0 Å². The fourth-order valence-electron chi connectivity index (χ4n) is 3.44. The lowest BCUT2D eigenvalue weighted by Gasteiger charge is -2.09. The number of hydrogen-bond acceptors (Lipinski definition) is 4. The number of amides is 1. The van der Waals surface area contributed by atoms with Gasteiger partial charge in [-0.1, -0.05) is 12.1 Å². The lowest BCUT2D eigenvalue weighted by atomic mass is 10.1. The van der Waals surface area contributed by atoms with E-state index in [-0.39, 0.29) is 23.3 Å². The molecule has 2 heterocycles. The third-order valence-electron chi connectivity index (χ3n) is 5.07. The number of aromatic amines is 1. The van der Waals surface area contributed by atoms with Gasteiger partial charge in [0.25, 0.3) is 5.91 Å². The van der Waals surface area contributed by atoms with Crippen molar-refractivity contribution in [2.75, 3.05) is 19.5 Å². The molecule has 2 aromatic heterocycles. The van der Waals surface area contributed by atoms with Crippen molar-refractivity contribution in [1.82, 2.24) is 24.8 Å². The Labute approximate surface area is 201 Å². The molecule has 34 heavy (non-hydrogen) atoms. The number of nitrogens with zero attached hydrogens (tertiary/aromatic N) is 3. The fraction of sp³-hybridized carbons (Fsp3) is 0.160. The molecule has 4 aromatic rings. The van der Waals surface area contributed by atoms with Crippen LogP contribution in [0.1, 0.15) is 27.6 Å². The maximum atomic E-state index is 13.4. The number of hydrogen-bond donors (Lipinski definition) is 2. The quantitative estimate of drug-likeness (QED) is 0.353. The zero-order chi connectivity index (χ0) is 24.1. The lowest BCUT2D eigenvalue weighted by molar-refractivity contribution is 0.0952. The van der Waals surface area contributed by atoms with Crippen LogP contribution in [-0.2, 0) is 0 Å². The Morgan fingerprint density at radius 3 is 2.71 bits per heavy atom. The Balaban J connectivity index is 1.64. The number of carbonyl (C=O) groups is 1. The van der Waals surface area contributed by atoms with Crippen molar-refractivity contribution in [3.63, 3.8) is 0 Å². The van der Waals surface area contributed by atoms with Crippen molar-refractivity contribution in [3.05, 3.63) is 83.6 Å². The van der Waals surface area contributed by atoms with E-state index in [1.807, 2.05) is 42.0 Å². The third-order valence-corrected chi connectivity index (χ3v) is 5.26. The van der Waals surface area contributed by atoms with Gasteiger partial charge in [-0.2, -0.15) is 0 Å². The van der Waals surface area contributed by atoms with E-state index in [0.717, 1.165) is 16.9 Å². The van der Waals surface area contributed by atoms with Crippen molar-refractivity contribution in [2.45, 2.75) is 6.92 Å². The van der Waals surface area contributed by atoms with Crippen LogP contribution in [0.3, 0.4) is 0 Å². The number of H-pyrrole nitrogens is 1. The molecule has 174 valence electrons. The molecule has 9 heteroatoms. The average Bonchev–Trinajstić information content (AvgIpc) is 3.48. The summed E-state index contributed by atoms with van der Waals surface area (Å²) in [6.45, 7) is 2.24. The number of halogens is 2. The van der Waals surface area contributed by atoms with Crippen LogP contribution >= 0.6 is 11.6 Å². The van der Waals surface area contributed by atoms with Crippen molar-refractivity contribution in [3.8, 4) is 22.7 Å². The van der Waals surface area contributed by atoms with Crippen LogP contribution in [0.15, 0.2) is 55.0 Å². The molecule has 2 N–H and O–H groups in total. The molecule has 0 saturated heterocycles.